The van der Waals surface area contributed by atoms with Crippen molar-refractivity contribution in [3.05, 3.63) is 23.2 Å². The van der Waals surface area contributed by atoms with E-state index in [0.717, 1.165) is 19.0 Å². The molecular weight excluding hydrogens is 179 g/mol. The molecule has 0 unspecified atom stereocenters. The smallest absolute Gasteiger partial charge is 0.152 e. The maximum Gasteiger partial charge on any atom is 0.152 e. The van der Waals surface area contributed by atoms with Gasteiger partial charge < -0.3 is 5.32 Å². The zero-order chi connectivity index (χ0) is 8.55. The van der Waals surface area contributed by atoms with Crippen molar-refractivity contribution in [1.82, 2.24) is 4.98 Å². The highest BCUT2D eigenvalue weighted by molar-refractivity contribution is 6.31. The number of hydrogen-bond acceptors (Lipinski definition) is 2. The Kier molecular flexibility index (Phi) is 1.89. The Balaban J connectivity index is 2.21. The predicted molar refractivity (Wildman–Crippen MR) is 45.8 cm³/mol. The minimum atomic E-state index is -0.359. The monoisotopic (exact) mass is 186 g/mol. The lowest BCUT2D eigenvalue weighted by Crippen LogP contribution is -2.02. The summed E-state index contributed by atoms with van der Waals surface area (Å²) in [4.78, 5) is 3.69. The first-order valence-corrected chi connectivity index (χ1v) is 4.21. The van der Waals surface area contributed by atoms with Crippen LogP contribution in [0.3, 0.4) is 0 Å². The fraction of sp³-hybridized carbons (Fsp3) is 0.375. The normalized spacial score (nSPS) is 16.2. The van der Waals surface area contributed by atoms with Crippen LogP contribution in [0.25, 0.3) is 0 Å². The van der Waals surface area contributed by atoms with Crippen LogP contribution < -0.4 is 5.32 Å². The number of hydrogen-bond donors (Lipinski definition) is 1. The minimum Gasteiger partial charge on any atom is -0.380 e. The molecule has 12 heavy (non-hydrogen) atoms. The van der Waals surface area contributed by atoms with E-state index in [0.29, 0.717) is 16.9 Å². The number of aromatic nitrogens is 1. The van der Waals surface area contributed by atoms with Crippen LogP contribution in [0, 0.1) is 5.82 Å². The summed E-state index contributed by atoms with van der Waals surface area (Å²) >= 11 is 5.73. The van der Waals surface area contributed by atoms with Crippen molar-refractivity contribution in [2.75, 3.05) is 5.32 Å². The predicted octanol–water partition coefficient (Wildman–Crippen LogP) is 2.45. The van der Waals surface area contributed by atoms with Crippen molar-refractivity contribution in [3.63, 3.8) is 0 Å². The maximum absolute atomic E-state index is 12.7. The van der Waals surface area contributed by atoms with Crippen molar-refractivity contribution in [2.24, 2.45) is 0 Å². The number of halogens is 2. The molecule has 0 aromatic carbocycles. The van der Waals surface area contributed by atoms with Gasteiger partial charge in [-0.3, -0.25) is 0 Å². The summed E-state index contributed by atoms with van der Waals surface area (Å²) < 4.78 is 12.7. The maximum atomic E-state index is 12.7. The molecule has 1 heterocycles. The first kappa shape index (κ1) is 7.80. The Morgan fingerprint density at radius 1 is 1.58 bits per heavy atom. The van der Waals surface area contributed by atoms with E-state index in [-0.39, 0.29) is 5.82 Å². The van der Waals surface area contributed by atoms with Gasteiger partial charge in [-0.2, -0.15) is 0 Å². The second-order valence-corrected chi connectivity index (χ2v) is 3.27. The molecule has 1 aliphatic carbocycles. The first-order chi connectivity index (χ1) is 5.75. The molecular formula is C8H8ClFN2. The summed E-state index contributed by atoms with van der Waals surface area (Å²) in [6, 6.07) is 1.83. The van der Waals surface area contributed by atoms with Crippen LogP contribution in [-0.2, 0) is 0 Å². The van der Waals surface area contributed by atoms with E-state index in [1.807, 2.05) is 0 Å². The largest absolute Gasteiger partial charge is 0.380 e. The molecule has 0 atom stereocenters. The first-order valence-electron chi connectivity index (χ1n) is 3.83. The Morgan fingerprint density at radius 3 is 3.00 bits per heavy atom. The summed E-state index contributed by atoms with van der Waals surface area (Å²) in [6.07, 6.45) is 3.38. The van der Waals surface area contributed by atoms with Crippen LogP contribution in [0.4, 0.5) is 10.1 Å². The molecule has 2 nitrogen and oxygen atoms in total. The fourth-order valence-corrected chi connectivity index (χ4v) is 1.13. The highest BCUT2D eigenvalue weighted by Crippen LogP contribution is 2.28. The number of nitrogens with one attached hydrogen (secondary N) is 1. The lowest BCUT2D eigenvalue weighted by Gasteiger charge is -2.04. The summed E-state index contributed by atoms with van der Waals surface area (Å²) in [6.45, 7) is 0. The topological polar surface area (TPSA) is 24.9 Å². The number of pyridine rings is 1. The van der Waals surface area contributed by atoms with Crippen molar-refractivity contribution in [1.29, 1.82) is 0 Å². The molecule has 0 radical (unpaired) electrons. The molecule has 0 amide bonds. The second-order valence-electron chi connectivity index (χ2n) is 2.91. The minimum absolute atomic E-state index is 0.336. The molecule has 1 aliphatic rings. The van der Waals surface area contributed by atoms with Crippen LogP contribution >= 0.6 is 11.6 Å². The van der Waals surface area contributed by atoms with Crippen molar-refractivity contribution < 1.29 is 4.39 Å². The molecule has 2 rings (SSSR count). The molecule has 1 aromatic rings. The Morgan fingerprint density at radius 2 is 2.33 bits per heavy atom. The molecule has 0 aliphatic heterocycles. The zero-order valence-electron chi connectivity index (χ0n) is 6.35. The van der Waals surface area contributed by atoms with Gasteiger partial charge in [-0.15, -0.1) is 0 Å². The number of rotatable bonds is 2. The third-order valence-electron chi connectivity index (χ3n) is 1.74. The van der Waals surface area contributed by atoms with E-state index in [1.54, 1.807) is 0 Å². The molecule has 1 aromatic heterocycles. The highest BCUT2D eigenvalue weighted by Gasteiger charge is 2.22. The van der Waals surface area contributed by atoms with Gasteiger partial charge in [0.05, 0.1) is 11.9 Å². The van der Waals surface area contributed by atoms with Crippen LogP contribution in [-0.4, -0.2) is 11.0 Å². The van der Waals surface area contributed by atoms with Gasteiger partial charge in [0.25, 0.3) is 0 Å². The molecule has 0 saturated heterocycles. The Hall–Kier alpha value is -0.830. The second kappa shape index (κ2) is 2.90. The van der Waals surface area contributed by atoms with Gasteiger partial charge in [0.2, 0.25) is 0 Å². The lowest BCUT2D eigenvalue weighted by molar-refractivity contribution is 0.622. The van der Waals surface area contributed by atoms with E-state index in [4.69, 9.17) is 11.6 Å². The zero-order valence-corrected chi connectivity index (χ0v) is 7.11. The van der Waals surface area contributed by atoms with E-state index < -0.39 is 0 Å². The van der Waals surface area contributed by atoms with Gasteiger partial charge in [-0.25, -0.2) is 9.37 Å². The van der Waals surface area contributed by atoms with Crippen LogP contribution in [0.15, 0.2) is 12.3 Å². The average molecular weight is 187 g/mol. The molecule has 1 N–H and O–H groups in total. The molecule has 4 heteroatoms. The van der Waals surface area contributed by atoms with Gasteiger partial charge in [0.15, 0.2) is 5.15 Å². The van der Waals surface area contributed by atoms with Gasteiger partial charge >= 0.3 is 0 Å². The standard InChI is InChI=1S/C8H8ClFN2/c9-8-7(12-6-1-2-6)3-5(10)4-11-8/h3-4,6,12H,1-2H2. The third-order valence-corrected chi connectivity index (χ3v) is 2.04. The van der Waals surface area contributed by atoms with Gasteiger partial charge in [0.1, 0.15) is 5.82 Å². The van der Waals surface area contributed by atoms with Gasteiger partial charge in [-0.1, -0.05) is 11.6 Å². The summed E-state index contributed by atoms with van der Waals surface area (Å²) in [5.41, 5.74) is 0.596. The van der Waals surface area contributed by atoms with Crippen LogP contribution in [0.2, 0.25) is 5.15 Å². The Bertz CT molecular complexity index is 299. The van der Waals surface area contributed by atoms with Gasteiger partial charge in [-0.05, 0) is 12.8 Å². The summed E-state index contributed by atoms with van der Waals surface area (Å²) in [7, 11) is 0. The SMILES string of the molecule is Fc1cnc(Cl)c(NC2CC2)c1. The van der Waals surface area contributed by atoms with E-state index in [9.17, 15) is 4.39 Å². The van der Waals surface area contributed by atoms with Crippen molar-refractivity contribution in [3.8, 4) is 0 Å². The molecule has 64 valence electrons. The fourth-order valence-electron chi connectivity index (χ4n) is 0.971. The van der Waals surface area contributed by atoms with E-state index in [2.05, 4.69) is 10.3 Å². The van der Waals surface area contributed by atoms with Crippen LogP contribution in [0.5, 0.6) is 0 Å². The summed E-state index contributed by atoms with van der Waals surface area (Å²) in [5.74, 6) is -0.359. The van der Waals surface area contributed by atoms with Gasteiger partial charge in [0, 0.05) is 12.1 Å². The Labute approximate surface area is 74.8 Å². The molecule has 0 bridgehead atoms. The molecule has 0 spiro atoms. The number of nitrogens with zero attached hydrogens (tertiary/aromatic N) is 1. The van der Waals surface area contributed by atoms with E-state index >= 15 is 0 Å². The van der Waals surface area contributed by atoms with E-state index in [1.165, 1.54) is 6.07 Å². The average Bonchev–Trinajstić information content (AvgIpc) is 2.81. The highest BCUT2D eigenvalue weighted by atomic mass is 35.5. The molecule has 1 saturated carbocycles. The number of anilines is 1. The van der Waals surface area contributed by atoms with Crippen LogP contribution in [0.1, 0.15) is 12.8 Å². The third kappa shape index (κ3) is 1.67. The quantitative estimate of drug-likeness (QED) is 0.718. The van der Waals surface area contributed by atoms with Crippen molar-refractivity contribution in [2.45, 2.75) is 18.9 Å². The lowest BCUT2D eigenvalue weighted by atomic mass is 10.4. The summed E-state index contributed by atoms with van der Waals surface area (Å²) in [5, 5.41) is 3.43. The van der Waals surface area contributed by atoms with Crippen molar-refractivity contribution >= 4 is 17.3 Å². The molecule has 1 fully saturated rings.